The highest BCUT2D eigenvalue weighted by molar-refractivity contribution is 9.10. The van der Waals surface area contributed by atoms with Gasteiger partial charge in [0, 0.05) is 13.2 Å². The van der Waals surface area contributed by atoms with E-state index in [-0.39, 0.29) is 4.60 Å². The van der Waals surface area contributed by atoms with Crippen LogP contribution in [0, 0.1) is 0 Å². The Morgan fingerprint density at radius 3 is 2.45 bits per heavy atom. The van der Waals surface area contributed by atoms with E-state index in [1.165, 1.54) is 13.2 Å². The quantitative estimate of drug-likeness (QED) is 0.687. The lowest BCUT2D eigenvalue weighted by molar-refractivity contribution is 0.534. The highest BCUT2D eigenvalue weighted by Gasteiger charge is 2.18. The fraction of sp³-hybridized carbons (Fsp3) is 0.250. The van der Waals surface area contributed by atoms with Crippen molar-refractivity contribution in [3.05, 3.63) is 10.8 Å². The lowest BCUT2D eigenvalue weighted by atomic mass is 10.9. The largest absolute Gasteiger partial charge is 0.366 e. The molecule has 0 aliphatic rings. The lowest BCUT2D eigenvalue weighted by Crippen LogP contribution is -2.01. The monoisotopic (exact) mass is 242 g/mol. The fourth-order valence-corrected chi connectivity index (χ4v) is 1.84. The molecule has 1 aromatic rings. The van der Waals surface area contributed by atoms with Crippen molar-refractivity contribution in [1.82, 2.24) is 9.55 Å². The van der Waals surface area contributed by atoms with Crippen molar-refractivity contribution in [2.75, 3.05) is 0 Å². The van der Waals surface area contributed by atoms with E-state index < -0.39 is 15.4 Å². The van der Waals surface area contributed by atoms with Gasteiger partial charge in [0.05, 0.1) is 0 Å². The van der Waals surface area contributed by atoms with Crippen LogP contribution in [0.3, 0.4) is 0 Å². The molecule has 0 N–H and O–H groups in total. The van der Waals surface area contributed by atoms with Crippen LogP contribution in [-0.2, 0) is 17.3 Å². The smallest absolute Gasteiger partial charge is 0.322 e. The SMILES string of the molecule is Cn1cc(Br)nc1S(=O)(=O)F. The molecule has 0 saturated heterocycles. The summed E-state index contributed by atoms with van der Waals surface area (Å²) in [4.78, 5) is 3.40. The third-order valence-electron chi connectivity index (χ3n) is 1.02. The first kappa shape index (κ1) is 8.66. The van der Waals surface area contributed by atoms with E-state index in [2.05, 4.69) is 20.9 Å². The van der Waals surface area contributed by atoms with Crippen LogP contribution in [0.5, 0.6) is 0 Å². The first-order valence-corrected chi connectivity index (χ1v) is 4.72. The minimum absolute atomic E-state index is 0.288. The molecule has 0 aliphatic heterocycles. The number of halogens is 2. The van der Waals surface area contributed by atoms with Crippen molar-refractivity contribution in [3.63, 3.8) is 0 Å². The summed E-state index contributed by atoms with van der Waals surface area (Å²) in [6.45, 7) is 0. The van der Waals surface area contributed by atoms with E-state index in [1.807, 2.05) is 0 Å². The van der Waals surface area contributed by atoms with Gasteiger partial charge in [0.2, 0.25) is 0 Å². The van der Waals surface area contributed by atoms with Crippen LogP contribution in [0.1, 0.15) is 0 Å². The summed E-state index contributed by atoms with van der Waals surface area (Å²) in [5.41, 5.74) is 0. The molecule has 0 aliphatic carbocycles. The maximum atomic E-state index is 12.3. The molecule has 4 nitrogen and oxygen atoms in total. The molecule has 0 bridgehead atoms. The van der Waals surface area contributed by atoms with Gasteiger partial charge >= 0.3 is 10.2 Å². The Balaban J connectivity index is 3.36. The number of imidazole rings is 1. The van der Waals surface area contributed by atoms with Gasteiger partial charge in [-0.2, -0.15) is 8.42 Å². The molecular formula is C4H4BrFN2O2S. The van der Waals surface area contributed by atoms with Crippen molar-refractivity contribution in [2.24, 2.45) is 7.05 Å². The van der Waals surface area contributed by atoms with Crippen molar-refractivity contribution in [3.8, 4) is 0 Å². The summed E-state index contributed by atoms with van der Waals surface area (Å²) < 4.78 is 34.2. The van der Waals surface area contributed by atoms with Gasteiger partial charge in [-0.25, -0.2) is 4.98 Å². The van der Waals surface area contributed by atoms with Crippen LogP contribution in [0.25, 0.3) is 0 Å². The van der Waals surface area contributed by atoms with E-state index >= 15 is 0 Å². The zero-order valence-electron chi connectivity index (χ0n) is 5.45. The second kappa shape index (κ2) is 2.56. The molecule has 0 unspecified atom stereocenters. The van der Waals surface area contributed by atoms with Gasteiger partial charge in [-0.15, -0.1) is 0 Å². The van der Waals surface area contributed by atoms with Crippen LogP contribution < -0.4 is 0 Å². The second-order valence-corrected chi connectivity index (χ2v) is 3.95. The third-order valence-corrected chi connectivity index (χ3v) is 2.22. The topological polar surface area (TPSA) is 52.0 Å². The lowest BCUT2D eigenvalue weighted by Gasteiger charge is -1.91. The van der Waals surface area contributed by atoms with Gasteiger partial charge in [-0.1, -0.05) is 3.89 Å². The van der Waals surface area contributed by atoms with E-state index in [0.29, 0.717) is 0 Å². The molecule has 0 radical (unpaired) electrons. The van der Waals surface area contributed by atoms with Crippen molar-refractivity contribution in [1.29, 1.82) is 0 Å². The second-order valence-electron chi connectivity index (χ2n) is 1.89. The first-order chi connectivity index (χ1) is 4.91. The highest BCUT2D eigenvalue weighted by atomic mass is 79.9. The van der Waals surface area contributed by atoms with Crippen LogP contribution >= 0.6 is 15.9 Å². The third kappa shape index (κ3) is 1.78. The van der Waals surface area contributed by atoms with Crippen molar-refractivity contribution >= 4 is 26.2 Å². The van der Waals surface area contributed by atoms with Crippen LogP contribution in [0.2, 0.25) is 0 Å². The van der Waals surface area contributed by atoms with Gasteiger partial charge < -0.3 is 4.57 Å². The van der Waals surface area contributed by atoms with Crippen LogP contribution in [0.15, 0.2) is 16.0 Å². The predicted octanol–water partition coefficient (Wildman–Crippen LogP) is 0.841. The van der Waals surface area contributed by atoms with E-state index in [4.69, 9.17) is 0 Å². The summed E-state index contributed by atoms with van der Waals surface area (Å²) in [5, 5.41) is -0.593. The molecule has 0 spiro atoms. The Labute approximate surface area is 71.4 Å². The highest BCUT2D eigenvalue weighted by Crippen LogP contribution is 2.14. The van der Waals surface area contributed by atoms with E-state index in [0.717, 1.165) is 4.57 Å². The molecule has 62 valence electrons. The Bertz CT molecular complexity index is 371. The Morgan fingerprint density at radius 1 is 1.73 bits per heavy atom. The maximum absolute atomic E-state index is 12.3. The summed E-state index contributed by atoms with van der Waals surface area (Å²) in [6, 6.07) is 0. The molecule has 0 aromatic carbocycles. The van der Waals surface area contributed by atoms with Crippen LogP contribution in [-0.4, -0.2) is 18.0 Å². The molecule has 7 heteroatoms. The predicted molar refractivity (Wildman–Crippen MR) is 39.2 cm³/mol. The standard InChI is InChI=1S/C4H4BrFN2O2S/c1-8-2-3(5)7-4(8)11(6,9)10/h2H,1H3. The summed E-state index contributed by atoms with van der Waals surface area (Å²) in [6.07, 6.45) is 1.35. The number of nitrogens with zero attached hydrogens (tertiary/aromatic N) is 2. The van der Waals surface area contributed by atoms with Crippen molar-refractivity contribution < 1.29 is 12.3 Å². The number of rotatable bonds is 1. The average Bonchev–Trinajstić information content (AvgIpc) is 2.08. The minimum atomic E-state index is -4.69. The van der Waals surface area contributed by atoms with Crippen LogP contribution in [0.4, 0.5) is 3.89 Å². The molecule has 1 aromatic heterocycles. The summed E-state index contributed by atoms with van der Waals surface area (Å²) in [7, 11) is -3.30. The van der Waals surface area contributed by atoms with Gasteiger partial charge in [-0.3, -0.25) is 0 Å². The number of aromatic nitrogens is 2. The molecule has 0 amide bonds. The molecular weight excluding hydrogens is 239 g/mol. The van der Waals surface area contributed by atoms with Crippen molar-refractivity contribution in [2.45, 2.75) is 5.16 Å². The van der Waals surface area contributed by atoms with Gasteiger partial charge in [-0.05, 0) is 15.9 Å². The van der Waals surface area contributed by atoms with Gasteiger partial charge in [0.15, 0.2) is 0 Å². The normalized spacial score (nSPS) is 11.9. The number of hydrogen-bond donors (Lipinski definition) is 0. The first-order valence-electron chi connectivity index (χ1n) is 2.55. The van der Waals surface area contributed by atoms with E-state index in [9.17, 15) is 12.3 Å². The Kier molecular flexibility index (Phi) is 2.02. The molecule has 11 heavy (non-hydrogen) atoms. The zero-order valence-corrected chi connectivity index (χ0v) is 7.85. The molecule has 1 rings (SSSR count). The average molecular weight is 243 g/mol. The maximum Gasteiger partial charge on any atom is 0.366 e. The molecule has 0 atom stereocenters. The van der Waals surface area contributed by atoms with E-state index in [1.54, 1.807) is 0 Å². The summed E-state index contributed by atoms with van der Waals surface area (Å²) in [5.74, 6) is 0. The molecule has 1 heterocycles. The number of hydrogen-bond acceptors (Lipinski definition) is 3. The number of aryl methyl sites for hydroxylation is 1. The Hall–Kier alpha value is -0.430. The summed E-state index contributed by atoms with van der Waals surface area (Å²) >= 11 is 2.91. The molecule has 0 saturated carbocycles. The molecule has 0 fully saturated rings. The zero-order chi connectivity index (χ0) is 8.65. The fourth-order valence-electron chi connectivity index (χ4n) is 0.641. The Morgan fingerprint density at radius 2 is 2.27 bits per heavy atom. The van der Waals surface area contributed by atoms with Gasteiger partial charge in [0.1, 0.15) is 4.60 Å². The minimum Gasteiger partial charge on any atom is -0.322 e. The van der Waals surface area contributed by atoms with Gasteiger partial charge in [0.25, 0.3) is 5.16 Å².